The van der Waals surface area contributed by atoms with E-state index in [0.29, 0.717) is 12.5 Å². The van der Waals surface area contributed by atoms with Crippen LogP contribution in [0.1, 0.15) is 23.4 Å². The highest BCUT2D eigenvalue weighted by atomic mass is 32.2. The maximum absolute atomic E-state index is 12.3. The molecular formula is C13H20N2O5S. The summed E-state index contributed by atoms with van der Waals surface area (Å²) in [6, 6.07) is 2.34. The minimum atomic E-state index is -3.77. The second-order valence-electron chi connectivity index (χ2n) is 5.46. The lowest BCUT2D eigenvalue weighted by atomic mass is 9.97. The Bertz CT molecular complexity index is 602. The van der Waals surface area contributed by atoms with Crippen molar-refractivity contribution in [1.82, 2.24) is 9.21 Å². The third-order valence-electron chi connectivity index (χ3n) is 3.81. The van der Waals surface area contributed by atoms with Crippen molar-refractivity contribution in [2.24, 2.45) is 5.92 Å². The van der Waals surface area contributed by atoms with E-state index in [2.05, 4.69) is 4.90 Å². The van der Waals surface area contributed by atoms with Crippen molar-refractivity contribution in [1.29, 1.82) is 0 Å². The second kappa shape index (κ2) is 6.17. The average molecular weight is 316 g/mol. The van der Waals surface area contributed by atoms with Crippen LogP contribution in [0.2, 0.25) is 0 Å². The number of sulfonamides is 1. The van der Waals surface area contributed by atoms with Crippen molar-refractivity contribution in [3.63, 3.8) is 0 Å². The van der Waals surface area contributed by atoms with E-state index in [1.165, 1.54) is 17.4 Å². The predicted octanol–water partition coefficient (Wildman–Crippen LogP) is 0.940. The van der Waals surface area contributed by atoms with Gasteiger partial charge in [-0.3, -0.25) is 0 Å². The molecule has 0 spiro atoms. The summed E-state index contributed by atoms with van der Waals surface area (Å²) in [7, 11) is -0.230. The third-order valence-corrected chi connectivity index (χ3v) is 5.51. The molecular weight excluding hydrogens is 296 g/mol. The Labute approximate surface area is 124 Å². The zero-order chi connectivity index (χ0) is 15.6. The van der Waals surface area contributed by atoms with Gasteiger partial charge in [0.05, 0.1) is 0 Å². The molecule has 0 unspecified atom stereocenters. The molecule has 1 N–H and O–H groups in total. The molecule has 0 radical (unpaired) electrons. The van der Waals surface area contributed by atoms with Gasteiger partial charge in [0.2, 0.25) is 10.9 Å². The van der Waals surface area contributed by atoms with Crippen LogP contribution in [-0.2, 0) is 10.0 Å². The summed E-state index contributed by atoms with van der Waals surface area (Å²) in [6.07, 6.45) is 1.91. The molecule has 1 aliphatic heterocycles. The van der Waals surface area contributed by atoms with E-state index >= 15 is 0 Å². The van der Waals surface area contributed by atoms with E-state index in [1.54, 1.807) is 0 Å². The summed E-state index contributed by atoms with van der Waals surface area (Å²) in [5.74, 6) is -1.34. The number of carbonyl (C=O) groups is 1. The van der Waals surface area contributed by atoms with E-state index in [4.69, 9.17) is 9.52 Å². The van der Waals surface area contributed by atoms with Gasteiger partial charge in [0.25, 0.3) is 10.0 Å². The van der Waals surface area contributed by atoms with Crippen molar-refractivity contribution in [3.05, 3.63) is 17.9 Å². The van der Waals surface area contributed by atoms with Gasteiger partial charge in [0.15, 0.2) is 0 Å². The molecule has 1 aliphatic rings. The summed E-state index contributed by atoms with van der Waals surface area (Å²) >= 11 is 0. The van der Waals surface area contributed by atoms with Gasteiger partial charge in [-0.05, 0) is 51.0 Å². The van der Waals surface area contributed by atoms with Crippen molar-refractivity contribution >= 4 is 16.0 Å². The Morgan fingerprint density at radius 2 is 2.05 bits per heavy atom. The molecule has 2 rings (SSSR count). The topological polar surface area (TPSA) is 91.1 Å². The van der Waals surface area contributed by atoms with Crippen LogP contribution >= 0.6 is 0 Å². The van der Waals surface area contributed by atoms with Crippen molar-refractivity contribution < 1.29 is 22.7 Å². The van der Waals surface area contributed by atoms with Crippen LogP contribution in [0.3, 0.4) is 0 Å². The Kier molecular flexibility index (Phi) is 4.70. The Morgan fingerprint density at radius 3 is 2.57 bits per heavy atom. The first-order chi connectivity index (χ1) is 9.80. The lowest BCUT2D eigenvalue weighted by molar-refractivity contribution is 0.0656. The Morgan fingerprint density at radius 1 is 1.43 bits per heavy atom. The summed E-state index contributed by atoms with van der Waals surface area (Å²) in [4.78, 5) is 13.0. The van der Waals surface area contributed by atoms with E-state index < -0.39 is 16.0 Å². The van der Waals surface area contributed by atoms with Gasteiger partial charge in [0, 0.05) is 13.6 Å². The fraction of sp³-hybridized carbons (Fsp3) is 0.615. The van der Waals surface area contributed by atoms with Gasteiger partial charge in [0.1, 0.15) is 0 Å². The number of carboxylic acids is 1. The minimum Gasteiger partial charge on any atom is -0.475 e. The number of likely N-dealkylation sites (tertiary alicyclic amines) is 1. The predicted molar refractivity (Wildman–Crippen MR) is 75.7 cm³/mol. The SMILES string of the molecule is CN1CCC(CN(C)S(=O)(=O)c2ccc(C(=O)O)o2)CC1. The zero-order valence-corrected chi connectivity index (χ0v) is 13.0. The largest absolute Gasteiger partial charge is 0.475 e. The van der Waals surface area contributed by atoms with Crippen LogP contribution in [-0.4, -0.2) is 62.4 Å². The molecule has 118 valence electrons. The van der Waals surface area contributed by atoms with Gasteiger partial charge in [-0.25, -0.2) is 13.2 Å². The first-order valence-corrected chi connectivity index (χ1v) is 8.22. The number of carboxylic acid groups (broad SMARTS) is 1. The molecule has 1 aromatic rings. The molecule has 1 saturated heterocycles. The maximum atomic E-state index is 12.3. The molecule has 1 aromatic heterocycles. The van der Waals surface area contributed by atoms with E-state index in [0.717, 1.165) is 32.0 Å². The normalized spacial score (nSPS) is 18.2. The van der Waals surface area contributed by atoms with Gasteiger partial charge < -0.3 is 14.4 Å². The Balaban J connectivity index is 2.05. The summed E-state index contributed by atoms with van der Waals surface area (Å²) in [6.45, 7) is 2.34. The molecule has 0 aliphatic carbocycles. The highest BCUT2D eigenvalue weighted by molar-refractivity contribution is 7.89. The van der Waals surface area contributed by atoms with Gasteiger partial charge in [-0.1, -0.05) is 0 Å². The van der Waals surface area contributed by atoms with Crippen LogP contribution in [0.25, 0.3) is 0 Å². The summed E-state index contributed by atoms with van der Waals surface area (Å²) < 4.78 is 30.8. The molecule has 7 nitrogen and oxygen atoms in total. The molecule has 0 bridgehead atoms. The van der Waals surface area contributed by atoms with Crippen molar-refractivity contribution in [3.8, 4) is 0 Å². The van der Waals surface area contributed by atoms with E-state index in [-0.39, 0.29) is 10.9 Å². The fourth-order valence-electron chi connectivity index (χ4n) is 2.43. The highest BCUT2D eigenvalue weighted by Crippen LogP contribution is 2.22. The van der Waals surface area contributed by atoms with Crippen LogP contribution in [0.5, 0.6) is 0 Å². The summed E-state index contributed by atoms with van der Waals surface area (Å²) in [5, 5.41) is 8.46. The lowest BCUT2D eigenvalue weighted by Crippen LogP contribution is -2.37. The van der Waals surface area contributed by atoms with Gasteiger partial charge >= 0.3 is 5.97 Å². The van der Waals surface area contributed by atoms with E-state index in [1.807, 2.05) is 7.05 Å². The molecule has 21 heavy (non-hydrogen) atoms. The third kappa shape index (κ3) is 3.63. The minimum absolute atomic E-state index is 0.315. The van der Waals surface area contributed by atoms with Crippen molar-refractivity contribution in [2.45, 2.75) is 17.9 Å². The number of furan rings is 1. The molecule has 1 fully saturated rings. The lowest BCUT2D eigenvalue weighted by Gasteiger charge is -2.31. The molecule has 0 aromatic carbocycles. The van der Waals surface area contributed by atoms with Gasteiger partial charge in [-0.15, -0.1) is 0 Å². The first kappa shape index (κ1) is 16.0. The number of nitrogens with zero attached hydrogens (tertiary/aromatic N) is 2. The zero-order valence-electron chi connectivity index (χ0n) is 12.2. The van der Waals surface area contributed by atoms with Crippen LogP contribution < -0.4 is 0 Å². The van der Waals surface area contributed by atoms with E-state index in [9.17, 15) is 13.2 Å². The maximum Gasteiger partial charge on any atom is 0.371 e. The number of aromatic carboxylic acids is 1. The highest BCUT2D eigenvalue weighted by Gasteiger charge is 2.28. The molecule has 2 heterocycles. The summed E-state index contributed by atoms with van der Waals surface area (Å²) in [5.41, 5.74) is 0. The number of piperidine rings is 1. The van der Waals surface area contributed by atoms with Crippen LogP contribution in [0, 0.1) is 5.92 Å². The number of rotatable bonds is 5. The van der Waals surface area contributed by atoms with Crippen LogP contribution in [0.15, 0.2) is 21.6 Å². The smallest absolute Gasteiger partial charge is 0.371 e. The van der Waals surface area contributed by atoms with Crippen molar-refractivity contribution in [2.75, 3.05) is 33.7 Å². The monoisotopic (exact) mass is 316 g/mol. The molecule has 8 heteroatoms. The molecule has 0 amide bonds. The molecule has 0 saturated carbocycles. The Hall–Kier alpha value is -1.38. The number of hydrogen-bond donors (Lipinski definition) is 1. The standard InChI is InChI=1S/C13H20N2O5S/c1-14-7-5-10(6-8-14)9-15(2)21(18,19)12-4-3-11(20-12)13(16)17/h3-4,10H,5-9H2,1-2H3,(H,16,17). The fourth-order valence-corrected chi connectivity index (χ4v) is 3.58. The first-order valence-electron chi connectivity index (χ1n) is 6.78. The second-order valence-corrected chi connectivity index (χ2v) is 7.43. The van der Waals surface area contributed by atoms with Gasteiger partial charge in [-0.2, -0.15) is 4.31 Å². The quantitative estimate of drug-likeness (QED) is 0.869. The number of hydrogen-bond acceptors (Lipinski definition) is 5. The van der Waals surface area contributed by atoms with Crippen LogP contribution in [0.4, 0.5) is 0 Å². The molecule has 0 atom stereocenters. The average Bonchev–Trinajstić information content (AvgIpc) is 2.91.